The van der Waals surface area contributed by atoms with Crippen molar-refractivity contribution in [3.63, 3.8) is 0 Å². The first-order valence-electron chi connectivity index (χ1n) is 6.65. The van der Waals surface area contributed by atoms with Crippen LogP contribution in [0.2, 0.25) is 0 Å². The van der Waals surface area contributed by atoms with Gasteiger partial charge in [-0.25, -0.2) is 4.79 Å². The Morgan fingerprint density at radius 1 is 1.16 bits per heavy atom. The minimum absolute atomic E-state index is 0.0799. The fraction of sp³-hybridized carbons (Fsp3) is 0.467. The van der Waals surface area contributed by atoms with Gasteiger partial charge >= 0.3 is 5.97 Å². The van der Waals surface area contributed by atoms with Crippen LogP contribution in [0, 0.1) is 0 Å². The zero-order valence-electron chi connectivity index (χ0n) is 11.5. The molecule has 0 aliphatic heterocycles. The predicted octanol–water partition coefficient (Wildman–Crippen LogP) is 4.06. The lowest BCUT2D eigenvalue weighted by Gasteiger charge is -2.08. The molecular weight excluding hydrogens is 260 g/mol. The Morgan fingerprint density at radius 2 is 1.89 bits per heavy atom. The summed E-state index contributed by atoms with van der Waals surface area (Å²) in [6.45, 7) is 4.43. The summed E-state index contributed by atoms with van der Waals surface area (Å²) in [7, 11) is 0. The molecule has 0 saturated heterocycles. The van der Waals surface area contributed by atoms with Crippen LogP contribution >= 0.6 is 11.8 Å². The molecule has 0 aromatic heterocycles. The number of ether oxygens (including phenoxy) is 1. The van der Waals surface area contributed by atoms with E-state index < -0.39 is 0 Å². The van der Waals surface area contributed by atoms with E-state index in [1.54, 1.807) is 18.2 Å². The van der Waals surface area contributed by atoms with Gasteiger partial charge in [-0.1, -0.05) is 44.2 Å². The maximum absolute atomic E-state index is 11.9. The highest BCUT2D eigenvalue weighted by Crippen LogP contribution is 2.25. The van der Waals surface area contributed by atoms with Crippen LogP contribution in [0.5, 0.6) is 0 Å². The van der Waals surface area contributed by atoms with E-state index in [0.29, 0.717) is 23.5 Å². The van der Waals surface area contributed by atoms with Crippen LogP contribution < -0.4 is 0 Å². The van der Waals surface area contributed by atoms with Crippen LogP contribution in [0.1, 0.15) is 49.9 Å². The molecule has 0 bridgehead atoms. The Kier molecular flexibility index (Phi) is 7.26. The highest BCUT2D eigenvalue weighted by molar-refractivity contribution is 8.13. The molecule has 104 valence electrons. The van der Waals surface area contributed by atoms with Crippen molar-refractivity contribution in [2.45, 2.75) is 44.4 Å². The molecule has 0 heterocycles. The standard InChI is InChI=1S/C15H20O3S/c1-3-5-11-18-15(17)12-9-6-7-10-13(12)19-14(16)8-4-2/h6-7,9-10H,3-5,8,11H2,1-2H3. The zero-order chi connectivity index (χ0) is 14.1. The number of hydrogen-bond donors (Lipinski definition) is 0. The van der Waals surface area contributed by atoms with E-state index in [4.69, 9.17) is 4.74 Å². The second-order valence-corrected chi connectivity index (χ2v) is 5.31. The fourth-order valence-corrected chi connectivity index (χ4v) is 2.45. The first-order valence-corrected chi connectivity index (χ1v) is 7.47. The van der Waals surface area contributed by atoms with E-state index >= 15 is 0 Å². The van der Waals surface area contributed by atoms with E-state index in [1.165, 1.54) is 0 Å². The zero-order valence-corrected chi connectivity index (χ0v) is 12.3. The summed E-state index contributed by atoms with van der Waals surface area (Å²) >= 11 is 1.12. The van der Waals surface area contributed by atoms with E-state index in [9.17, 15) is 9.59 Å². The molecule has 3 nitrogen and oxygen atoms in total. The normalized spacial score (nSPS) is 10.2. The summed E-state index contributed by atoms with van der Waals surface area (Å²) in [4.78, 5) is 24.3. The molecule has 0 N–H and O–H groups in total. The van der Waals surface area contributed by atoms with Crippen molar-refractivity contribution in [1.29, 1.82) is 0 Å². The van der Waals surface area contributed by atoms with Crippen LogP contribution in [0.4, 0.5) is 0 Å². The first kappa shape index (κ1) is 15.8. The van der Waals surface area contributed by atoms with Crippen molar-refractivity contribution < 1.29 is 14.3 Å². The monoisotopic (exact) mass is 280 g/mol. The maximum atomic E-state index is 11.9. The molecule has 19 heavy (non-hydrogen) atoms. The fourth-order valence-electron chi connectivity index (χ4n) is 1.49. The van der Waals surface area contributed by atoms with E-state index in [2.05, 4.69) is 0 Å². The molecule has 0 unspecified atom stereocenters. The number of carbonyl (C=O) groups is 2. The minimum atomic E-state index is -0.346. The highest BCUT2D eigenvalue weighted by Gasteiger charge is 2.15. The summed E-state index contributed by atoms with van der Waals surface area (Å²) in [5.41, 5.74) is 0.480. The Hall–Kier alpha value is -1.29. The molecule has 0 atom stereocenters. The van der Waals surface area contributed by atoms with Crippen LogP contribution in [0.15, 0.2) is 29.2 Å². The average Bonchev–Trinajstić information content (AvgIpc) is 2.39. The minimum Gasteiger partial charge on any atom is -0.462 e. The maximum Gasteiger partial charge on any atom is 0.339 e. The van der Waals surface area contributed by atoms with Gasteiger partial charge in [-0.2, -0.15) is 0 Å². The lowest BCUT2D eigenvalue weighted by molar-refractivity contribution is -0.111. The lowest BCUT2D eigenvalue weighted by atomic mass is 10.2. The molecule has 0 aliphatic carbocycles. The van der Waals surface area contributed by atoms with Gasteiger partial charge in [0.05, 0.1) is 12.2 Å². The summed E-state index contributed by atoms with van der Waals surface area (Å²) in [5.74, 6) is -0.346. The second-order valence-electron chi connectivity index (χ2n) is 4.21. The third-order valence-electron chi connectivity index (χ3n) is 2.52. The summed E-state index contributed by atoms with van der Waals surface area (Å²) in [6.07, 6.45) is 3.17. The van der Waals surface area contributed by atoms with Crippen molar-refractivity contribution in [3.05, 3.63) is 29.8 Å². The summed E-state index contributed by atoms with van der Waals surface area (Å²) in [6, 6.07) is 7.10. The number of hydrogen-bond acceptors (Lipinski definition) is 4. The molecule has 1 aromatic carbocycles. The number of unbranched alkanes of at least 4 members (excludes halogenated alkanes) is 1. The number of thioether (sulfide) groups is 1. The van der Waals surface area contributed by atoms with Crippen molar-refractivity contribution >= 4 is 22.8 Å². The quantitative estimate of drug-likeness (QED) is 0.429. The second kappa shape index (κ2) is 8.75. The van der Waals surface area contributed by atoms with Crippen LogP contribution in [0.25, 0.3) is 0 Å². The van der Waals surface area contributed by atoms with Gasteiger partial charge in [-0.05, 0) is 25.0 Å². The van der Waals surface area contributed by atoms with E-state index in [-0.39, 0.29) is 11.1 Å². The lowest BCUT2D eigenvalue weighted by Crippen LogP contribution is -2.08. The van der Waals surface area contributed by atoms with Gasteiger partial charge in [0.2, 0.25) is 0 Å². The number of esters is 1. The smallest absolute Gasteiger partial charge is 0.339 e. The molecule has 0 spiro atoms. The molecular formula is C15H20O3S. The number of benzene rings is 1. The van der Waals surface area contributed by atoms with Crippen molar-refractivity contribution in [2.75, 3.05) is 6.61 Å². The highest BCUT2D eigenvalue weighted by atomic mass is 32.2. The van der Waals surface area contributed by atoms with Crippen molar-refractivity contribution in [3.8, 4) is 0 Å². The topological polar surface area (TPSA) is 43.4 Å². The number of carbonyl (C=O) groups excluding carboxylic acids is 2. The van der Waals surface area contributed by atoms with Gasteiger partial charge in [-0.15, -0.1) is 0 Å². The van der Waals surface area contributed by atoms with Gasteiger partial charge in [0.15, 0.2) is 5.12 Å². The third kappa shape index (κ3) is 5.47. The average molecular weight is 280 g/mol. The molecule has 4 heteroatoms. The molecule has 1 rings (SSSR count). The Morgan fingerprint density at radius 3 is 2.58 bits per heavy atom. The van der Waals surface area contributed by atoms with E-state index in [1.807, 2.05) is 19.9 Å². The van der Waals surface area contributed by atoms with Crippen LogP contribution in [-0.4, -0.2) is 17.7 Å². The van der Waals surface area contributed by atoms with E-state index in [0.717, 1.165) is 31.0 Å². The summed E-state index contributed by atoms with van der Waals surface area (Å²) < 4.78 is 5.19. The summed E-state index contributed by atoms with van der Waals surface area (Å²) in [5, 5.41) is 0.0799. The van der Waals surface area contributed by atoms with Crippen LogP contribution in [-0.2, 0) is 9.53 Å². The van der Waals surface area contributed by atoms with Gasteiger partial charge in [0, 0.05) is 11.3 Å². The Balaban J connectivity index is 2.72. The molecule has 0 fully saturated rings. The molecule has 1 aromatic rings. The molecule has 0 radical (unpaired) electrons. The van der Waals surface area contributed by atoms with Gasteiger partial charge in [-0.3, -0.25) is 4.79 Å². The van der Waals surface area contributed by atoms with Crippen LogP contribution in [0.3, 0.4) is 0 Å². The predicted molar refractivity (Wildman–Crippen MR) is 77.4 cm³/mol. The Labute approximate surface area is 118 Å². The number of rotatable bonds is 7. The SMILES string of the molecule is CCCCOC(=O)c1ccccc1SC(=O)CCC. The van der Waals surface area contributed by atoms with Gasteiger partial charge < -0.3 is 4.74 Å². The molecule has 0 amide bonds. The van der Waals surface area contributed by atoms with Gasteiger partial charge in [0.1, 0.15) is 0 Å². The molecule has 0 aliphatic rings. The largest absolute Gasteiger partial charge is 0.462 e. The van der Waals surface area contributed by atoms with Crippen molar-refractivity contribution in [2.24, 2.45) is 0 Å². The Bertz CT molecular complexity index is 429. The van der Waals surface area contributed by atoms with Crippen molar-refractivity contribution in [1.82, 2.24) is 0 Å². The third-order valence-corrected chi connectivity index (χ3v) is 3.52. The first-order chi connectivity index (χ1) is 9.19. The van der Waals surface area contributed by atoms with Gasteiger partial charge in [0.25, 0.3) is 0 Å². The molecule has 0 saturated carbocycles.